The third kappa shape index (κ3) is 4.59. The van der Waals surface area contributed by atoms with Crippen LogP contribution in [0.15, 0.2) is 24.3 Å². The van der Waals surface area contributed by atoms with Gasteiger partial charge in [-0.2, -0.15) is 0 Å². The standard InChI is InChI=1S/C17H21NO3/c1-13-10-16(12-21-13)17(20)18-11-15-8-3-2-6-14(15)7-4-5-9-19/h2-3,6,8,13,16,19H,5,9-12H2,1H3,(H,18,20). The van der Waals surface area contributed by atoms with Gasteiger partial charge in [-0.25, -0.2) is 0 Å². The van der Waals surface area contributed by atoms with Gasteiger partial charge in [0.25, 0.3) is 0 Å². The van der Waals surface area contributed by atoms with E-state index in [0.29, 0.717) is 19.6 Å². The molecule has 0 spiro atoms. The van der Waals surface area contributed by atoms with Crippen LogP contribution in [0.4, 0.5) is 0 Å². The number of benzene rings is 1. The summed E-state index contributed by atoms with van der Waals surface area (Å²) in [6.07, 6.45) is 1.40. The zero-order chi connectivity index (χ0) is 15.1. The number of aliphatic hydroxyl groups excluding tert-OH is 1. The maximum absolute atomic E-state index is 12.1. The third-order valence-corrected chi connectivity index (χ3v) is 3.50. The Labute approximate surface area is 125 Å². The summed E-state index contributed by atoms with van der Waals surface area (Å²) in [4.78, 5) is 12.1. The molecule has 1 aromatic rings. The predicted molar refractivity (Wildman–Crippen MR) is 80.4 cm³/mol. The molecule has 2 N–H and O–H groups in total. The summed E-state index contributed by atoms with van der Waals surface area (Å²) < 4.78 is 5.42. The van der Waals surface area contributed by atoms with Gasteiger partial charge < -0.3 is 15.2 Å². The van der Waals surface area contributed by atoms with Gasteiger partial charge in [0.15, 0.2) is 0 Å². The first-order valence-electron chi connectivity index (χ1n) is 7.27. The summed E-state index contributed by atoms with van der Waals surface area (Å²) in [5.74, 6) is 5.93. The molecule has 0 radical (unpaired) electrons. The van der Waals surface area contributed by atoms with Gasteiger partial charge in [0, 0.05) is 18.5 Å². The van der Waals surface area contributed by atoms with E-state index in [0.717, 1.165) is 17.5 Å². The molecule has 1 aromatic carbocycles. The first kappa shape index (κ1) is 15.6. The van der Waals surface area contributed by atoms with Crippen molar-refractivity contribution in [3.8, 4) is 11.8 Å². The lowest BCUT2D eigenvalue weighted by Crippen LogP contribution is -2.30. The van der Waals surface area contributed by atoms with E-state index in [2.05, 4.69) is 17.2 Å². The van der Waals surface area contributed by atoms with Crippen LogP contribution in [-0.2, 0) is 16.1 Å². The maximum atomic E-state index is 12.1. The minimum Gasteiger partial charge on any atom is -0.395 e. The van der Waals surface area contributed by atoms with Gasteiger partial charge in [-0.15, -0.1) is 0 Å². The van der Waals surface area contributed by atoms with E-state index < -0.39 is 0 Å². The molecule has 1 aliphatic heterocycles. The zero-order valence-corrected chi connectivity index (χ0v) is 12.3. The molecule has 1 aliphatic rings. The zero-order valence-electron chi connectivity index (χ0n) is 12.3. The number of nitrogens with one attached hydrogen (secondary N) is 1. The highest BCUT2D eigenvalue weighted by Crippen LogP contribution is 2.19. The summed E-state index contributed by atoms with van der Waals surface area (Å²) in [6.45, 7) is 3.02. The van der Waals surface area contributed by atoms with Crippen LogP contribution in [0.25, 0.3) is 0 Å². The second-order valence-corrected chi connectivity index (χ2v) is 5.23. The summed E-state index contributed by atoms with van der Waals surface area (Å²) >= 11 is 0. The van der Waals surface area contributed by atoms with Gasteiger partial charge >= 0.3 is 0 Å². The largest absolute Gasteiger partial charge is 0.395 e. The van der Waals surface area contributed by atoms with E-state index in [1.54, 1.807) is 0 Å². The molecule has 2 atom stereocenters. The van der Waals surface area contributed by atoms with E-state index in [9.17, 15) is 4.79 Å². The highest BCUT2D eigenvalue weighted by atomic mass is 16.5. The molecule has 4 nitrogen and oxygen atoms in total. The Morgan fingerprint density at radius 2 is 2.29 bits per heavy atom. The Balaban J connectivity index is 1.94. The van der Waals surface area contributed by atoms with Gasteiger partial charge in [0.1, 0.15) is 0 Å². The number of aliphatic hydroxyl groups is 1. The monoisotopic (exact) mass is 287 g/mol. The normalized spacial score (nSPS) is 20.7. The first-order chi connectivity index (χ1) is 10.2. The highest BCUT2D eigenvalue weighted by molar-refractivity contribution is 5.79. The summed E-state index contributed by atoms with van der Waals surface area (Å²) in [5.41, 5.74) is 1.88. The van der Waals surface area contributed by atoms with Gasteiger partial charge in [0.2, 0.25) is 5.91 Å². The molecule has 0 aliphatic carbocycles. The summed E-state index contributed by atoms with van der Waals surface area (Å²) in [7, 11) is 0. The minimum atomic E-state index is -0.0485. The van der Waals surface area contributed by atoms with Crippen molar-refractivity contribution in [3.63, 3.8) is 0 Å². The quantitative estimate of drug-likeness (QED) is 0.824. The van der Waals surface area contributed by atoms with Crippen molar-refractivity contribution in [1.82, 2.24) is 5.32 Å². The fraction of sp³-hybridized carbons (Fsp3) is 0.471. The van der Waals surface area contributed by atoms with E-state index in [1.807, 2.05) is 31.2 Å². The van der Waals surface area contributed by atoms with E-state index in [1.165, 1.54) is 0 Å². The van der Waals surface area contributed by atoms with Crippen molar-refractivity contribution >= 4 is 5.91 Å². The van der Waals surface area contributed by atoms with Crippen molar-refractivity contribution in [2.24, 2.45) is 5.92 Å². The van der Waals surface area contributed by atoms with Crippen LogP contribution in [0, 0.1) is 17.8 Å². The lowest BCUT2D eigenvalue weighted by Gasteiger charge is -2.10. The van der Waals surface area contributed by atoms with Crippen LogP contribution in [0.5, 0.6) is 0 Å². The molecule has 4 heteroatoms. The molecule has 21 heavy (non-hydrogen) atoms. The minimum absolute atomic E-state index is 0.0393. The number of hydrogen-bond donors (Lipinski definition) is 2. The van der Waals surface area contributed by atoms with Crippen LogP contribution < -0.4 is 5.32 Å². The van der Waals surface area contributed by atoms with Gasteiger partial charge in [-0.05, 0) is 25.0 Å². The van der Waals surface area contributed by atoms with Crippen LogP contribution in [0.2, 0.25) is 0 Å². The fourth-order valence-electron chi connectivity index (χ4n) is 2.34. The van der Waals surface area contributed by atoms with E-state index in [4.69, 9.17) is 9.84 Å². The third-order valence-electron chi connectivity index (χ3n) is 3.50. The molecule has 1 heterocycles. The van der Waals surface area contributed by atoms with Gasteiger partial charge in [0.05, 0.1) is 25.2 Å². The number of hydrogen-bond acceptors (Lipinski definition) is 3. The average Bonchev–Trinajstić information content (AvgIpc) is 2.93. The molecule has 1 fully saturated rings. The second kappa shape index (κ2) is 7.82. The Bertz CT molecular complexity index is 544. The van der Waals surface area contributed by atoms with E-state index >= 15 is 0 Å². The molecule has 1 saturated heterocycles. The lowest BCUT2D eigenvalue weighted by atomic mass is 10.0. The number of carbonyl (C=O) groups excluding carboxylic acids is 1. The van der Waals surface area contributed by atoms with Gasteiger partial charge in [-0.1, -0.05) is 30.0 Å². The fourth-order valence-corrected chi connectivity index (χ4v) is 2.34. The average molecular weight is 287 g/mol. The number of rotatable bonds is 4. The van der Waals surface area contributed by atoms with Crippen LogP contribution in [-0.4, -0.2) is 30.3 Å². The Morgan fingerprint density at radius 1 is 1.48 bits per heavy atom. The van der Waals surface area contributed by atoms with Crippen LogP contribution in [0.1, 0.15) is 30.9 Å². The van der Waals surface area contributed by atoms with Crippen molar-refractivity contribution in [2.45, 2.75) is 32.4 Å². The lowest BCUT2D eigenvalue weighted by molar-refractivity contribution is -0.125. The molecule has 0 saturated carbocycles. The Hall–Kier alpha value is -1.83. The summed E-state index contributed by atoms with van der Waals surface area (Å²) in [5, 5.41) is 11.7. The first-order valence-corrected chi connectivity index (χ1v) is 7.27. The Kier molecular flexibility index (Phi) is 5.79. The predicted octanol–water partition coefficient (Wildman–Crippen LogP) is 1.46. The van der Waals surface area contributed by atoms with Crippen molar-refractivity contribution in [3.05, 3.63) is 35.4 Å². The molecular weight excluding hydrogens is 266 g/mol. The van der Waals surface area contributed by atoms with Crippen LogP contribution >= 0.6 is 0 Å². The highest BCUT2D eigenvalue weighted by Gasteiger charge is 2.27. The molecule has 2 rings (SSSR count). The maximum Gasteiger partial charge on any atom is 0.225 e. The SMILES string of the molecule is CC1CC(C(=O)NCc2ccccc2C#CCCO)CO1. The molecule has 0 aromatic heterocycles. The molecule has 1 amide bonds. The smallest absolute Gasteiger partial charge is 0.225 e. The topological polar surface area (TPSA) is 58.6 Å². The molecular formula is C17H21NO3. The van der Waals surface area contributed by atoms with Crippen molar-refractivity contribution < 1.29 is 14.6 Å². The van der Waals surface area contributed by atoms with Crippen molar-refractivity contribution in [2.75, 3.05) is 13.2 Å². The van der Waals surface area contributed by atoms with Crippen LogP contribution in [0.3, 0.4) is 0 Å². The van der Waals surface area contributed by atoms with Crippen molar-refractivity contribution in [1.29, 1.82) is 0 Å². The van der Waals surface area contributed by atoms with E-state index in [-0.39, 0.29) is 24.5 Å². The Morgan fingerprint density at radius 3 is 3.00 bits per heavy atom. The molecule has 112 valence electrons. The second-order valence-electron chi connectivity index (χ2n) is 5.23. The summed E-state index contributed by atoms with van der Waals surface area (Å²) in [6, 6.07) is 7.73. The number of carbonyl (C=O) groups is 1. The number of ether oxygens (including phenoxy) is 1. The molecule has 0 bridgehead atoms. The van der Waals surface area contributed by atoms with Gasteiger partial charge in [-0.3, -0.25) is 4.79 Å². The molecule has 2 unspecified atom stereocenters. The number of amides is 1.